The van der Waals surface area contributed by atoms with Gasteiger partial charge in [-0.2, -0.15) is 0 Å². The van der Waals surface area contributed by atoms with E-state index in [4.69, 9.17) is 4.74 Å². The molecule has 4 rings (SSSR count). The number of hydrogen-bond donors (Lipinski definition) is 0. The topological polar surface area (TPSA) is 63.7 Å². The van der Waals surface area contributed by atoms with E-state index in [-0.39, 0.29) is 28.8 Å². The maximum absolute atomic E-state index is 13.3. The van der Waals surface area contributed by atoms with Gasteiger partial charge in [-0.15, -0.1) is 5.92 Å². The molecule has 1 amide bonds. The van der Waals surface area contributed by atoms with Gasteiger partial charge < -0.3 is 9.64 Å². The van der Waals surface area contributed by atoms with Gasteiger partial charge in [0, 0.05) is 37.4 Å². The van der Waals surface area contributed by atoms with Crippen molar-refractivity contribution in [3.8, 4) is 11.8 Å². The number of amides is 1. The highest BCUT2D eigenvalue weighted by atomic mass is 16.5. The molecular weight excluding hydrogens is 402 g/mol. The molecule has 0 N–H and O–H groups in total. The lowest BCUT2D eigenvalue weighted by Gasteiger charge is -2.44. The van der Waals surface area contributed by atoms with Crippen LogP contribution >= 0.6 is 0 Å². The van der Waals surface area contributed by atoms with Gasteiger partial charge in [0.25, 0.3) is 0 Å². The smallest absolute Gasteiger partial charge is 0.225 e. The molecule has 0 radical (unpaired) electrons. The normalized spacial score (nSPS) is 28.4. The van der Waals surface area contributed by atoms with Crippen molar-refractivity contribution in [3.05, 3.63) is 34.4 Å². The first-order chi connectivity index (χ1) is 15.3. The van der Waals surface area contributed by atoms with E-state index >= 15 is 0 Å². The van der Waals surface area contributed by atoms with Crippen molar-refractivity contribution in [2.45, 2.75) is 65.2 Å². The molecule has 1 heterocycles. The number of benzene rings is 1. The Morgan fingerprint density at radius 1 is 1.03 bits per heavy atom. The number of ketones is 2. The zero-order chi connectivity index (χ0) is 22.9. The Labute approximate surface area is 190 Å². The van der Waals surface area contributed by atoms with Crippen LogP contribution < -0.4 is 0 Å². The molecule has 170 valence electrons. The molecule has 5 heteroatoms. The Morgan fingerprint density at radius 3 is 2.12 bits per heavy atom. The molecule has 0 aromatic heterocycles. The fraction of sp³-hybridized carbons (Fsp3) is 0.593. The molecule has 0 unspecified atom stereocenters. The van der Waals surface area contributed by atoms with Gasteiger partial charge in [0.15, 0.2) is 0 Å². The molecule has 3 fully saturated rings. The molecule has 1 aromatic carbocycles. The fourth-order valence-corrected chi connectivity index (χ4v) is 6.03. The van der Waals surface area contributed by atoms with Crippen LogP contribution in [0.1, 0.15) is 73.6 Å². The van der Waals surface area contributed by atoms with Gasteiger partial charge in [0.2, 0.25) is 5.91 Å². The van der Waals surface area contributed by atoms with Crippen LogP contribution in [-0.2, 0) is 19.1 Å². The van der Waals surface area contributed by atoms with Crippen LogP contribution in [0.25, 0.3) is 0 Å². The van der Waals surface area contributed by atoms with Crippen LogP contribution in [0.2, 0.25) is 0 Å². The van der Waals surface area contributed by atoms with Crippen molar-refractivity contribution in [2.24, 2.45) is 11.3 Å². The van der Waals surface area contributed by atoms with Gasteiger partial charge in [0.05, 0.1) is 13.2 Å². The molecule has 2 saturated carbocycles. The molecule has 3 aliphatic rings. The van der Waals surface area contributed by atoms with Gasteiger partial charge in [-0.1, -0.05) is 5.92 Å². The summed E-state index contributed by atoms with van der Waals surface area (Å²) in [7, 11) is 0. The molecule has 2 aliphatic carbocycles. The lowest BCUT2D eigenvalue weighted by atomic mass is 9.59. The Balaban J connectivity index is 1.46. The number of rotatable bonds is 2. The first-order valence-electron chi connectivity index (χ1n) is 11.8. The van der Waals surface area contributed by atoms with Crippen molar-refractivity contribution < 1.29 is 19.1 Å². The van der Waals surface area contributed by atoms with Gasteiger partial charge in [-0.25, -0.2) is 0 Å². The third-order valence-corrected chi connectivity index (χ3v) is 7.61. The van der Waals surface area contributed by atoms with Crippen LogP contribution in [0, 0.1) is 37.0 Å². The fourth-order valence-electron chi connectivity index (χ4n) is 6.03. The molecule has 1 spiro atoms. The summed E-state index contributed by atoms with van der Waals surface area (Å²) < 4.78 is 5.36. The standard InChI is InChI=1S/C27H33NO4/c1-4-5-20-14-18(2)24(19(3)15-20)25-22(29)16-27(17-23(25)30)8-6-21(7-9-27)26(31)28-10-12-32-13-11-28/h14-15,21,25H,6-13,16-17H2,1-3H3. The average molecular weight is 436 g/mol. The number of carbonyl (C=O) groups is 3. The summed E-state index contributed by atoms with van der Waals surface area (Å²) in [4.78, 5) is 41.4. The highest BCUT2D eigenvalue weighted by Crippen LogP contribution is 2.50. The van der Waals surface area contributed by atoms with Crippen LogP contribution in [-0.4, -0.2) is 48.7 Å². The van der Waals surface area contributed by atoms with E-state index in [2.05, 4.69) is 11.8 Å². The number of carbonyl (C=O) groups excluding carboxylic acids is 3. The van der Waals surface area contributed by atoms with Gasteiger partial charge in [0.1, 0.15) is 17.5 Å². The van der Waals surface area contributed by atoms with Crippen molar-refractivity contribution in [2.75, 3.05) is 26.3 Å². The van der Waals surface area contributed by atoms with E-state index in [1.165, 1.54) is 0 Å². The van der Waals surface area contributed by atoms with Crippen LogP contribution in [0.3, 0.4) is 0 Å². The lowest BCUT2D eigenvalue weighted by molar-refractivity contribution is -0.143. The summed E-state index contributed by atoms with van der Waals surface area (Å²) in [6.07, 6.45) is 3.98. The zero-order valence-corrected chi connectivity index (χ0v) is 19.5. The summed E-state index contributed by atoms with van der Waals surface area (Å²) in [6.45, 7) is 8.29. The number of nitrogens with zero attached hydrogens (tertiary/aromatic N) is 1. The Morgan fingerprint density at radius 2 is 1.59 bits per heavy atom. The van der Waals surface area contributed by atoms with Crippen molar-refractivity contribution in [1.82, 2.24) is 4.90 Å². The minimum Gasteiger partial charge on any atom is -0.378 e. The highest BCUT2D eigenvalue weighted by Gasteiger charge is 2.48. The largest absolute Gasteiger partial charge is 0.378 e. The second kappa shape index (κ2) is 9.19. The minimum absolute atomic E-state index is 0.0124. The predicted octanol–water partition coefficient (Wildman–Crippen LogP) is 3.73. The van der Waals surface area contributed by atoms with Crippen molar-refractivity contribution in [3.63, 3.8) is 0 Å². The highest BCUT2D eigenvalue weighted by molar-refractivity contribution is 6.10. The van der Waals surface area contributed by atoms with E-state index in [1.54, 1.807) is 6.92 Å². The summed E-state index contributed by atoms with van der Waals surface area (Å²) in [6, 6.07) is 3.96. The number of morpholine rings is 1. The third kappa shape index (κ3) is 4.38. The van der Waals surface area contributed by atoms with E-state index in [1.807, 2.05) is 30.9 Å². The third-order valence-electron chi connectivity index (χ3n) is 7.61. The second-order valence-corrected chi connectivity index (χ2v) is 9.83. The van der Waals surface area contributed by atoms with Crippen LogP contribution in [0.15, 0.2) is 12.1 Å². The van der Waals surface area contributed by atoms with Gasteiger partial charge in [-0.3, -0.25) is 14.4 Å². The predicted molar refractivity (Wildman–Crippen MR) is 122 cm³/mol. The molecule has 5 nitrogen and oxygen atoms in total. The van der Waals surface area contributed by atoms with Crippen molar-refractivity contribution in [1.29, 1.82) is 0 Å². The molecule has 0 atom stereocenters. The molecule has 1 aromatic rings. The minimum atomic E-state index is -0.656. The maximum Gasteiger partial charge on any atom is 0.225 e. The quantitative estimate of drug-likeness (QED) is 0.525. The van der Waals surface area contributed by atoms with Gasteiger partial charge >= 0.3 is 0 Å². The number of Topliss-reactive ketones (excluding diaryl/α,β-unsaturated/α-hetero) is 2. The number of aryl methyl sites for hydroxylation is 2. The molecule has 0 bridgehead atoms. The monoisotopic (exact) mass is 435 g/mol. The lowest BCUT2D eigenvalue weighted by Crippen LogP contribution is -2.47. The molecule has 32 heavy (non-hydrogen) atoms. The Kier molecular flexibility index (Phi) is 6.53. The number of ether oxygens (including phenoxy) is 1. The van der Waals surface area contributed by atoms with Crippen LogP contribution in [0.5, 0.6) is 0 Å². The summed E-state index contributed by atoms with van der Waals surface area (Å²) in [5.41, 5.74) is 3.45. The van der Waals surface area contributed by atoms with E-state index < -0.39 is 5.92 Å². The Hall–Kier alpha value is -2.45. The van der Waals surface area contributed by atoms with Crippen molar-refractivity contribution >= 4 is 17.5 Å². The average Bonchev–Trinajstić information content (AvgIpc) is 2.76. The number of hydrogen-bond acceptors (Lipinski definition) is 4. The Bertz CT molecular complexity index is 942. The van der Waals surface area contributed by atoms with Crippen LogP contribution in [0.4, 0.5) is 0 Å². The molecular formula is C27H33NO4. The second-order valence-electron chi connectivity index (χ2n) is 9.83. The zero-order valence-electron chi connectivity index (χ0n) is 19.5. The maximum atomic E-state index is 13.3. The summed E-state index contributed by atoms with van der Waals surface area (Å²) in [5.74, 6) is 5.63. The summed E-state index contributed by atoms with van der Waals surface area (Å²) >= 11 is 0. The van der Waals surface area contributed by atoms with E-state index in [9.17, 15) is 14.4 Å². The molecule has 1 saturated heterocycles. The first kappa shape index (κ1) is 22.7. The SMILES string of the molecule is CC#Cc1cc(C)c(C2C(=O)CC3(CCC(C(=O)N4CCOCC4)CC3)CC2=O)c(C)c1. The van der Waals surface area contributed by atoms with Gasteiger partial charge in [-0.05, 0) is 80.7 Å². The first-order valence-corrected chi connectivity index (χ1v) is 11.8. The summed E-state index contributed by atoms with van der Waals surface area (Å²) in [5, 5.41) is 0. The van der Waals surface area contributed by atoms with E-state index in [0.717, 1.165) is 47.9 Å². The van der Waals surface area contributed by atoms with E-state index in [0.29, 0.717) is 39.1 Å². The molecule has 1 aliphatic heterocycles.